The van der Waals surface area contributed by atoms with Crippen molar-refractivity contribution >= 4 is 27.6 Å². The second-order valence-corrected chi connectivity index (χ2v) is 7.75. The third kappa shape index (κ3) is 3.68. The summed E-state index contributed by atoms with van der Waals surface area (Å²) in [5.41, 5.74) is 1.55. The minimum atomic E-state index is -0.211. The fraction of sp³-hybridized carbons (Fsp3) is 0.160. The third-order valence-corrected chi connectivity index (χ3v) is 5.30. The lowest BCUT2D eigenvalue weighted by Gasteiger charge is -2.23. The average molecular weight is 411 g/mol. The van der Waals surface area contributed by atoms with Crippen LogP contribution in [0.15, 0.2) is 81.7 Å². The molecule has 0 atom stereocenters. The fourth-order valence-corrected chi connectivity index (χ4v) is 3.63. The summed E-state index contributed by atoms with van der Waals surface area (Å²) in [6.45, 7) is 4.09. The maximum atomic E-state index is 13.1. The van der Waals surface area contributed by atoms with Crippen LogP contribution in [0.4, 0.5) is 0 Å². The molecule has 0 N–H and O–H groups in total. The summed E-state index contributed by atoms with van der Waals surface area (Å²) < 4.78 is 11.2. The van der Waals surface area contributed by atoms with Gasteiger partial charge in [-0.05, 0) is 42.8 Å². The first-order valence-corrected chi connectivity index (χ1v) is 10.2. The van der Waals surface area contributed by atoms with Crippen molar-refractivity contribution < 1.29 is 13.7 Å². The van der Waals surface area contributed by atoms with Crippen molar-refractivity contribution in [1.29, 1.82) is 0 Å². The number of amides is 1. The quantitative estimate of drug-likeness (QED) is 0.372. The third-order valence-electron chi connectivity index (χ3n) is 5.30. The van der Waals surface area contributed by atoms with Crippen molar-refractivity contribution in [2.45, 2.75) is 26.4 Å². The topological polar surface area (TPSA) is 72.4 Å². The molecule has 2 heterocycles. The van der Waals surface area contributed by atoms with Gasteiger partial charge < -0.3 is 13.8 Å². The Labute approximate surface area is 179 Å². The van der Waals surface area contributed by atoms with Crippen molar-refractivity contribution in [2.24, 2.45) is 0 Å². The molecule has 0 radical (unpaired) electrons. The molecule has 0 bridgehead atoms. The molecule has 154 valence electrons. The van der Waals surface area contributed by atoms with Crippen LogP contribution in [0, 0.1) is 0 Å². The van der Waals surface area contributed by atoms with Crippen molar-refractivity contribution in [2.75, 3.05) is 0 Å². The van der Waals surface area contributed by atoms with Gasteiger partial charge in [0.2, 0.25) is 11.7 Å². The summed E-state index contributed by atoms with van der Waals surface area (Å²) in [4.78, 5) is 19.3. The molecule has 0 fully saturated rings. The fourth-order valence-electron chi connectivity index (χ4n) is 3.63. The van der Waals surface area contributed by atoms with Crippen molar-refractivity contribution in [3.63, 3.8) is 0 Å². The molecule has 0 saturated heterocycles. The Bertz CT molecular complexity index is 1350. The van der Waals surface area contributed by atoms with Crippen LogP contribution in [0.2, 0.25) is 0 Å². The van der Waals surface area contributed by atoms with Gasteiger partial charge in [-0.3, -0.25) is 4.79 Å². The normalized spacial score (nSPS) is 11.5. The number of fused-ring (bicyclic) bond motifs is 2. The van der Waals surface area contributed by atoms with Gasteiger partial charge in [-0.1, -0.05) is 59.8 Å². The Balaban J connectivity index is 1.40. The number of nitrogens with zero attached hydrogens (tertiary/aromatic N) is 3. The lowest BCUT2D eigenvalue weighted by molar-refractivity contribution is 0.0637. The summed E-state index contributed by atoms with van der Waals surface area (Å²) in [5.74, 6) is 0.961. The number of para-hydroxylation sites is 1. The highest BCUT2D eigenvalue weighted by Crippen LogP contribution is 2.24. The largest absolute Gasteiger partial charge is 0.451 e. The van der Waals surface area contributed by atoms with E-state index >= 15 is 0 Å². The lowest BCUT2D eigenvalue weighted by atomic mass is 10.1. The molecule has 0 aliphatic rings. The highest BCUT2D eigenvalue weighted by Gasteiger charge is 2.25. The zero-order chi connectivity index (χ0) is 21.4. The number of carbonyl (C=O) groups excluding carboxylic acids is 1. The summed E-state index contributed by atoms with van der Waals surface area (Å²) in [6.07, 6.45) is 0. The zero-order valence-electron chi connectivity index (χ0n) is 17.3. The molecule has 6 heteroatoms. The SMILES string of the molecule is CC(C)N(Cc1nc(-c2ccc3ccccc3c2)no1)C(=O)c1cc2ccccc2o1. The molecule has 6 nitrogen and oxygen atoms in total. The van der Waals surface area contributed by atoms with Crippen LogP contribution >= 0.6 is 0 Å². The summed E-state index contributed by atoms with van der Waals surface area (Å²) in [6, 6.07) is 23.4. The van der Waals surface area contributed by atoms with Crippen LogP contribution in [-0.2, 0) is 6.54 Å². The molecule has 5 rings (SSSR count). The average Bonchev–Trinajstić information content (AvgIpc) is 3.43. The van der Waals surface area contributed by atoms with E-state index in [0.29, 0.717) is 23.1 Å². The van der Waals surface area contributed by atoms with Crippen LogP contribution < -0.4 is 0 Å². The summed E-state index contributed by atoms with van der Waals surface area (Å²) >= 11 is 0. The second kappa shape index (κ2) is 7.72. The second-order valence-electron chi connectivity index (χ2n) is 7.75. The van der Waals surface area contributed by atoms with E-state index in [0.717, 1.165) is 21.7 Å². The standard InChI is InChI=1S/C25H21N3O3/c1-16(2)28(25(29)22-14-19-9-5-6-10-21(19)30-22)15-23-26-24(27-31-23)20-12-11-17-7-3-4-8-18(17)13-20/h3-14,16H,15H2,1-2H3. The van der Waals surface area contributed by atoms with Crippen molar-refractivity contribution in [3.8, 4) is 11.4 Å². The smallest absolute Gasteiger partial charge is 0.290 e. The maximum absolute atomic E-state index is 13.1. The number of hydrogen-bond acceptors (Lipinski definition) is 5. The van der Waals surface area contributed by atoms with Gasteiger partial charge >= 0.3 is 0 Å². The molecule has 5 aromatic rings. The van der Waals surface area contributed by atoms with Crippen LogP contribution in [0.1, 0.15) is 30.3 Å². The molecule has 2 aromatic heterocycles. The van der Waals surface area contributed by atoms with E-state index in [9.17, 15) is 4.79 Å². The Hall–Kier alpha value is -3.93. The highest BCUT2D eigenvalue weighted by molar-refractivity contribution is 5.96. The van der Waals surface area contributed by atoms with E-state index in [1.54, 1.807) is 11.0 Å². The van der Waals surface area contributed by atoms with Gasteiger partial charge in [-0.25, -0.2) is 0 Å². The van der Waals surface area contributed by atoms with Crippen LogP contribution in [0.25, 0.3) is 33.1 Å². The number of aromatic nitrogens is 2. The van der Waals surface area contributed by atoms with E-state index in [-0.39, 0.29) is 18.5 Å². The minimum absolute atomic E-state index is 0.0725. The van der Waals surface area contributed by atoms with Gasteiger partial charge in [0.25, 0.3) is 5.91 Å². The monoisotopic (exact) mass is 411 g/mol. The molecule has 3 aromatic carbocycles. The molecular formula is C25H21N3O3. The number of furan rings is 1. The van der Waals surface area contributed by atoms with Crippen LogP contribution in [0.5, 0.6) is 0 Å². The number of carbonyl (C=O) groups is 1. The molecular weight excluding hydrogens is 390 g/mol. The molecule has 0 aliphatic heterocycles. The van der Waals surface area contributed by atoms with E-state index in [2.05, 4.69) is 16.2 Å². The Morgan fingerprint density at radius 1 is 0.935 bits per heavy atom. The van der Waals surface area contributed by atoms with Gasteiger partial charge in [0.15, 0.2) is 5.76 Å². The van der Waals surface area contributed by atoms with Gasteiger partial charge in [0, 0.05) is 17.0 Å². The number of rotatable bonds is 5. The predicted molar refractivity (Wildman–Crippen MR) is 118 cm³/mol. The minimum Gasteiger partial charge on any atom is -0.451 e. The van der Waals surface area contributed by atoms with Crippen LogP contribution in [-0.4, -0.2) is 27.0 Å². The van der Waals surface area contributed by atoms with Gasteiger partial charge in [0.05, 0.1) is 0 Å². The predicted octanol–water partition coefficient (Wildman–Crippen LogP) is 5.69. The first-order valence-electron chi connectivity index (χ1n) is 10.2. The molecule has 0 aliphatic carbocycles. The Morgan fingerprint density at radius 3 is 2.45 bits per heavy atom. The number of hydrogen-bond donors (Lipinski definition) is 0. The van der Waals surface area contributed by atoms with E-state index in [1.165, 1.54) is 0 Å². The summed E-state index contributed by atoms with van der Waals surface area (Å²) in [7, 11) is 0. The van der Waals surface area contributed by atoms with Crippen molar-refractivity contribution in [3.05, 3.63) is 84.4 Å². The lowest BCUT2D eigenvalue weighted by Crippen LogP contribution is -2.36. The highest BCUT2D eigenvalue weighted by atomic mass is 16.5. The molecule has 0 unspecified atom stereocenters. The van der Waals surface area contributed by atoms with E-state index < -0.39 is 0 Å². The van der Waals surface area contributed by atoms with Gasteiger partial charge in [0.1, 0.15) is 12.1 Å². The van der Waals surface area contributed by atoms with Gasteiger partial charge in [-0.15, -0.1) is 0 Å². The Kier molecular flexibility index (Phi) is 4.75. The van der Waals surface area contributed by atoms with Gasteiger partial charge in [-0.2, -0.15) is 4.98 Å². The first kappa shape index (κ1) is 19.1. The molecule has 0 spiro atoms. The summed E-state index contributed by atoms with van der Waals surface area (Å²) in [5, 5.41) is 7.28. The molecule has 1 amide bonds. The van der Waals surface area contributed by atoms with E-state index in [1.807, 2.05) is 74.5 Å². The van der Waals surface area contributed by atoms with E-state index in [4.69, 9.17) is 8.94 Å². The zero-order valence-corrected chi connectivity index (χ0v) is 17.3. The molecule has 31 heavy (non-hydrogen) atoms. The van der Waals surface area contributed by atoms with Crippen LogP contribution in [0.3, 0.4) is 0 Å². The molecule has 0 saturated carbocycles. The van der Waals surface area contributed by atoms with Crippen molar-refractivity contribution in [1.82, 2.24) is 15.0 Å². The number of benzene rings is 3. The Morgan fingerprint density at radius 2 is 1.68 bits per heavy atom. The first-order chi connectivity index (χ1) is 15.1. The maximum Gasteiger partial charge on any atom is 0.290 e.